The first-order chi connectivity index (χ1) is 18.9. The summed E-state index contributed by atoms with van der Waals surface area (Å²) in [7, 11) is 0. The number of rotatable bonds is 7. The van der Waals surface area contributed by atoms with Crippen LogP contribution in [-0.2, 0) is 17.5 Å². The van der Waals surface area contributed by atoms with Crippen molar-refractivity contribution >= 4 is 17.7 Å². The molecule has 0 aliphatic heterocycles. The van der Waals surface area contributed by atoms with Crippen LogP contribution in [0.3, 0.4) is 0 Å². The minimum atomic E-state index is -4.77. The van der Waals surface area contributed by atoms with Crippen LogP contribution in [-0.4, -0.2) is 33.5 Å². The molecule has 1 heterocycles. The molecule has 1 aliphatic carbocycles. The van der Waals surface area contributed by atoms with Crippen molar-refractivity contribution in [3.8, 4) is 11.4 Å². The molecule has 1 aromatic heterocycles. The number of benzene rings is 2. The number of ether oxygens (including phenoxy) is 2. The second-order valence-electron chi connectivity index (χ2n) is 10.0. The molecule has 40 heavy (non-hydrogen) atoms. The van der Waals surface area contributed by atoms with Crippen LogP contribution in [0.4, 0.5) is 23.7 Å². The van der Waals surface area contributed by atoms with Gasteiger partial charge in [0.15, 0.2) is 5.69 Å². The molecule has 0 radical (unpaired) electrons. The molecular weight excluding hydrogens is 525 g/mol. The van der Waals surface area contributed by atoms with Crippen molar-refractivity contribution in [1.29, 1.82) is 0 Å². The Hall–Kier alpha value is -4.54. The lowest BCUT2D eigenvalue weighted by Gasteiger charge is -2.19. The molecule has 1 unspecified atom stereocenters. The van der Waals surface area contributed by atoms with E-state index in [-0.39, 0.29) is 24.0 Å². The maximum atomic E-state index is 13.6. The van der Waals surface area contributed by atoms with E-state index in [0.29, 0.717) is 29.5 Å². The Balaban J connectivity index is 1.55. The van der Waals surface area contributed by atoms with E-state index >= 15 is 0 Å². The summed E-state index contributed by atoms with van der Waals surface area (Å²) in [5.41, 5.74) is -1.11. The van der Waals surface area contributed by atoms with Gasteiger partial charge in [-0.1, -0.05) is 36.4 Å². The fourth-order valence-corrected chi connectivity index (χ4v) is 3.83. The number of anilines is 1. The van der Waals surface area contributed by atoms with Gasteiger partial charge in [-0.15, -0.1) is 0 Å². The molecule has 0 spiro atoms. The lowest BCUT2D eigenvalue weighted by molar-refractivity contribution is -0.141. The van der Waals surface area contributed by atoms with Crippen LogP contribution in [0.2, 0.25) is 0 Å². The van der Waals surface area contributed by atoms with E-state index in [1.807, 2.05) is 24.3 Å². The van der Waals surface area contributed by atoms with Crippen molar-refractivity contribution in [3.05, 3.63) is 95.9 Å². The normalized spacial score (nSPS) is 15.0. The first kappa shape index (κ1) is 28.5. The lowest BCUT2D eigenvalue weighted by atomic mass is 10.1. The number of carbonyl (C=O) groups excluding carboxylic acids is 2. The van der Waals surface area contributed by atoms with Crippen LogP contribution < -0.4 is 15.4 Å². The number of carbonyl (C=O) groups is 2. The second kappa shape index (κ2) is 11.7. The summed E-state index contributed by atoms with van der Waals surface area (Å²) in [6, 6.07) is 13.6. The number of allylic oxidation sites excluding steroid dienone is 2. The number of nitrogens with one attached hydrogen (secondary N) is 2. The zero-order chi connectivity index (χ0) is 28.9. The summed E-state index contributed by atoms with van der Waals surface area (Å²) in [5.74, 6) is -0.296. The molecule has 2 amide bonds. The van der Waals surface area contributed by atoms with Crippen LogP contribution in [0.5, 0.6) is 5.75 Å². The monoisotopic (exact) mass is 554 g/mol. The van der Waals surface area contributed by atoms with Gasteiger partial charge in [-0.05, 0) is 56.7 Å². The molecule has 0 bridgehead atoms. The van der Waals surface area contributed by atoms with E-state index in [1.165, 1.54) is 12.1 Å². The summed E-state index contributed by atoms with van der Waals surface area (Å²) in [6.45, 7) is 5.23. The zero-order valence-corrected chi connectivity index (χ0v) is 22.2. The highest BCUT2D eigenvalue weighted by atomic mass is 19.4. The minimum absolute atomic E-state index is 0.0520. The highest BCUT2D eigenvalue weighted by molar-refractivity contribution is 6.03. The zero-order valence-electron chi connectivity index (χ0n) is 22.2. The van der Waals surface area contributed by atoms with Crippen molar-refractivity contribution in [3.63, 3.8) is 0 Å². The third-order valence-corrected chi connectivity index (χ3v) is 5.54. The third-order valence-electron chi connectivity index (χ3n) is 5.54. The number of hydrogen-bond acceptors (Lipinski definition) is 5. The Bertz CT molecular complexity index is 1440. The van der Waals surface area contributed by atoms with Crippen LogP contribution >= 0.6 is 0 Å². The molecule has 0 saturated carbocycles. The number of hydrogen-bond donors (Lipinski definition) is 2. The number of halogens is 3. The van der Waals surface area contributed by atoms with E-state index in [4.69, 9.17) is 9.47 Å². The molecule has 8 nitrogen and oxygen atoms in total. The summed E-state index contributed by atoms with van der Waals surface area (Å²) in [6.07, 6.45) is 2.79. The van der Waals surface area contributed by atoms with Crippen LogP contribution in [0.25, 0.3) is 5.69 Å². The van der Waals surface area contributed by atoms with Crippen molar-refractivity contribution in [2.45, 2.75) is 51.6 Å². The molecule has 2 N–H and O–H groups in total. The molecule has 2 aromatic carbocycles. The highest BCUT2D eigenvalue weighted by Crippen LogP contribution is 2.30. The molecule has 1 atom stereocenters. The number of amides is 2. The van der Waals surface area contributed by atoms with E-state index in [9.17, 15) is 22.8 Å². The van der Waals surface area contributed by atoms with Gasteiger partial charge in [0.05, 0.1) is 5.69 Å². The SMILES string of the molecule is CC(C)(C)OC(=O)NCc1cccc(-n2nc(C(F)(F)F)cc2C(=O)Nc2cccc(OC3C=CC=CC3)c2)c1. The van der Waals surface area contributed by atoms with Gasteiger partial charge in [-0.25, -0.2) is 9.48 Å². The Morgan fingerprint density at radius 3 is 2.52 bits per heavy atom. The maximum absolute atomic E-state index is 13.6. The lowest BCUT2D eigenvalue weighted by Crippen LogP contribution is -2.32. The predicted octanol–water partition coefficient (Wildman–Crippen LogP) is 6.43. The molecule has 3 aromatic rings. The largest absolute Gasteiger partial charge is 0.486 e. The summed E-state index contributed by atoms with van der Waals surface area (Å²) >= 11 is 0. The van der Waals surface area contributed by atoms with Gasteiger partial charge in [0.2, 0.25) is 0 Å². The van der Waals surface area contributed by atoms with E-state index in [0.717, 1.165) is 4.68 Å². The summed E-state index contributed by atoms with van der Waals surface area (Å²) in [4.78, 5) is 25.2. The van der Waals surface area contributed by atoms with Crippen LogP contribution in [0.15, 0.2) is 78.9 Å². The van der Waals surface area contributed by atoms with Gasteiger partial charge in [0.25, 0.3) is 5.91 Å². The van der Waals surface area contributed by atoms with Gasteiger partial charge in [-0.3, -0.25) is 4.79 Å². The predicted molar refractivity (Wildman–Crippen MR) is 143 cm³/mol. The summed E-state index contributed by atoms with van der Waals surface area (Å²) < 4.78 is 52.8. The first-order valence-electron chi connectivity index (χ1n) is 12.5. The molecule has 0 saturated heterocycles. The van der Waals surface area contributed by atoms with Crippen molar-refractivity contribution in [2.75, 3.05) is 5.32 Å². The van der Waals surface area contributed by atoms with Gasteiger partial charge >= 0.3 is 12.3 Å². The first-order valence-corrected chi connectivity index (χ1v) is 12.5. The van der Waals surface area contributed by atoms with E-state index < -0.39 is 29.5 Å². The van der Waals surface area contributed by atoms with Crippen molar-refractivity contribution in [2.24, 2.45) is 0 Å². The molecule has 210 valence electrons. The second-order valence-corrected chi connectivity index (χ2v) is 10.0. The standard InChI is InChI=1S/C29H29F3N4O4/c1-28(2,3)40-27(38)33-18-19-9-7-11-21(15-19)36-24(17-25(35-36)29(30,31)32)26(37)34-20-10-8-14-23(16-20)39-22-12-5-4-6-13-22/h4-12,14-17,22H,13,18H2,1-3H3,(H,33,38)(H,34,37). The van der Waals surface area contributed by atoms with Crippen molar-refractivity contribution < 1.29 is 32.2 Å². The van der Waals surface area contributed by atoms with Gasteiger partial charge < -0.3 is 20.1 Å². The number of aromatic nitrogens is 2. The molecule has 1 aliphatic rings. The molecule has 0 fully saturated rings. The molecular formula is C29H29F3N4O4. The van der Waals surface area contributed by atoms with Crippen molar-refractivity contribution in [1.82, 2.24) is 15.1 Å². The van der Waals surface area contributed by atoms with E-state index in [1.54, 1.807) is 57.2 Å². The number of alkyl carbamates (subject to hydrolysis) is 1. The number of alkyl halides is 3. The van der Waals surface area contributed by atoms with Crippen LogP contribution in [0.1, 0.15) is 48.9 Å². The minimum Gasteiger partial charge on any atom is -0.486 e. The molecule has 4 rings (SSSR count). The Morgan fingerprint density at radius 1 is 1.05 bits per heavy atom. The van der Waals surface area contributed by atoms with E-state index in [2.05, 4.69) is 15.7 Å². The Labute approximate surface area is 229 Å². The Morgan fingerprint density at radius 2 is 1.82 bits per heavy atom. The van der Waals surface area contributed by atoms with Crippen LogP contribution in [0, 0.1) is 0 Å². The number of nitrogens with zero attached hydrogens (tertiary/aromatic N) is 2. The fraction of sp³-hybridized carbons (Fsp3) is 0.276. The van der Waals surface area contributed by atoms with Gasteiger partial charge in [-0.2, -0.15) is 18.3 Å². The molecule has 11 heteroatoms. The highest BCUT2D eigenvalue weighted by Gasteiger charge is 2.36. The van der Waals surface area contributed by atoms with Gasteiger partial charge in [0.1, 0.15) is 23.1 Å². The fourth-order valence-electron chi connectivity index (χ4n) is 3.83. The average molecular weight is 555 g/mol. The quantitative estimate of drug-likeness (QED) is 0.351. The third kappa shape index (κ3) is 7.75. The topological polar surface area (TPSA) is 94.5 Å². The average Bonchev–Trinajstić information content (AvgIpc) is 3.34. The maximum Gasteiger partial charge on any atom is 0.435 e. The Kier molecular flexibility index (Phi) is 8.32. The van der Waals surface area contributed by atoms with Gasteiger partial charge in [0, 0.05) is 30.8 Å². The summed E-state index contributed by atoms with van der Waals surface area (Å²) in [5, 5.41) is 8.91. The smallest absolute Gasteiger partial charge is 0.435 e.